The second-order valence-electron chi connectivity index (χ2n) is 5.40. The number of benzene rings is 1. The van der Waals surface area contributed by atoms with Crippen LogP contribution in [-0.4, -0.2) is 26.6 Å². The smallest absolute Gasteiger partial charge is 0.277 e. The second-order valence-corrected chi connectivity index (χ2v) is 5.40. The summed E-state index contributed by atoms with van der Waals surface area (Å²) < 4.78 is 14.8. The number of halogens is 1. The average Bonchev–Trinajstić information content (AvgIpc) is 3.21. The van der Waals surface area contributed by atoms with Gasteiger partial charge in [-0.3, -0.25) is 9.48 Å². The van der Waals surface area contributed by atoms with E-state index < -0.39 is 0 Å². The monoisotopic (exact) mass is 288 g/mol. The molecule has 1 aliphatic rings. The number of anilines is 1. The number of hydrogen-bond acceptors (Lipinski definition) is 3. The van der Waals surface area contributed by atoms with Gasteiger partial charge in [-0.1, -0.05) is 12.1 Å². The van der Waals surface area contributed by atoms with Gasteiger partial charge in [0.05, 0.1) is 5.69 Å². The average molecular weight is 288 g/mol. The Morgan fingerprint density at radius 1 is 1.52 bits per heavy atom. The lowest BCUT2D eigenvalue weighted by Gasteiger charge is -2.22. The summed E-state index contributed by atoms with van der Waals surface area (Å²) >= 11 is 0. The lowest BCUT2D eigenvalue weighted by molar-refractivity contribution is 0.0724. The van der Waals surface area contributed by atoms with Crippen LogP contribution in [0.1, 0.15) is 28.9 Å². The van der Waals surface area contributed by atoms with Gasteiger partial charge >= 0.3 is 0 Å². The second kappa shape index (κ2) is 5.20. The number of carbonyl (C=O) groups excluding carboxylic acids is 1. The highest BCUT2D eigenvalue weighted by Gasteiger charge is 2.34. The number of hydrogen-bond donors (Lipinski definition) is 1. The van der Waals surface area contributed by atoms with Gasteiger partial charge in [-0.2, -0.15) is 5.10 Å². The first-order chi connectivity index (χ1) is 10.0. The Balaban J connectivity index is 1.85. The molecular formula is C15H17FN4O. The van der Waals surface area contributed by atoms with Crippen LogP contribution >= 0.6 is 0 Å². The highest BCUT2D eigenvalue weighted by Crippen LogP contribution is 2.30. The van der Waals surface area contributed by atoms with Crippen molar-refractivity contribution in [1.29, 1.82) is 0 Å². The molecule has 1 amide bonds. The van der Waals surface area contributed by atoms with E-state index in [2.05, 4.69) is 5.10 Å². The summed E-state index contributed by atoms with van der Waals surface area (Å²) in [4.78, 5) is 14.4. The third-order valence-corrected chi connectivity index (χ3v) is 3.55. The first-order valence-corrected chi connectivity index (χ1v) is 6.89. The molecular weight excluding hydrogens is 271 g/mol. The fraction of sp³-hybridized carbons (Fsp3) is 0.333. The SMILES string of the molecule is Cn1cc(N)c(C(=O)N(Cc2cccc(F)c2)C2CC2)n1. The molecule has 0 spiro atoms. The topological polar surface area (TPSA) is 64.2 Å². The molecule has 1 heterocycles. The Morgan fingerprint density at radius 2 is 2.29 bits per heavy atom. The van der Waals surface area contributed by atoms with Crippen molar-refractivity contribution in [2.45, 2.75) is 25.4 Å². The first kappa shape index (κ1) is 13.6. The van der Waals surface area contributed by atoms with Crippen LogP contribution in [0.15, 0.2) is 30.5 Å². The van der Waals surface area contributed by atoms with E-state index in [0.29, 0.717) is 12.2 Å². The summed E-state index contributed by atoms with van der Waals surface area (Å²) in [5.74, 6) is -0.493. The molecule has 0 unspecified atom stereocenters. The molecule has 1 aliphatic carbocycles. The molecule has 1 saturated carbocycles. The molecule has 0 saturated heterocycles. The van der Waals surface area contributed by atoms with Gasteiger partial charge in [0.1, 0.15) is 5.82 Å². The van der Waals surface area contributed by atoms with E-state index in [1.54, 1.807) is 24.2 Å². The van der Waals surface area contributed by atoms with Crippen molar-refractivity contribution in [3.05, 3.63) is 47.5 Å². The molecule has 3 rings (SSSR count). The third-order valence-electron chi connectivity index (χ3n) is 3.55. The predicted molar refractivity (Wildman–Crippen MR) is 76.9 cm³/mol. The minimum atomic E-state index is -0.298. The number of aromatic nitrogens is 2. The fourth-order valence-electron chi connectivity index (χ4n) is 2.39. The Labute approximate surface area is 122 Å². The van der Waals surface area contributed by atoms with E-state index in [-0.39, 0.29) is 23.5 Å². The maximum Gasteiger partial charge on any atom is 0.277 e. The van der Waals surface area contributed by atoms with E-state index in [0.717, 1.165) is 18.4 Å². The zero-order valence-corrected chi connectivity index (χ0v) is 11.8. The van der Waals surface area contributed by atoms with E-state index in [9.17, 15) is 9.18 Å². The summed E-state index contributed by atoms with van der Waals surface area (Å²) in [6.07, 6.45) is 3.54. The van der Waals surface area contributed by atoms with Gasteiger partial charge < -0.3 is 10.6 Å². The van der Waals surface area contributed by atoms with Crippen LogP contribution in [0.4, 0.5) is 10.1 Å². The van der Waals surface area contributed by atoms with Gasteiger partial charge in [0, 0.05) is 25.8 Å². The minimum absolute atomic E-state index is 0.195. The van der Waals surface area contributed by atoms with Crippen molar-refractivity contribution < 1.29 is 9.18 Å². The van der Waals surface area contributed by atoms with Crippen molar-refractivity contribution in [2.75, 3.05) is 5.73 Å². The molecule has 6 heteroatoms. The lowest BCUT2D eigenvalue weighted by atomic mass is 10.2. The first-order valence-electron chi connectivity index (χ1n) is 6.89. The molecule has 1 aromatic heterocycles. The van der Waals surface area contributed by atoms with Crippen molar-refractivity contribution >= 4 is 11.6 Å². The van der Waals surface area contributed by atoms with Crippen LogP contribution in [-0.2, 0) is 13.6 Å². The molecule has 1 aromatic carbocycles. The van der Waals surface area contributed by atoms with Gasteiger partial charge in [0.15, 0.2) is 5.69 Å². The zero-order chi connectivity index (χ0) is 15.0. The van der Waals surface area contributed by atoms with Gasteiger partial charge in [0.25, 0.3) is 5.91 Å². The molecule has 0 radical (unpaired) electrons. The molecule has 0 atom stereocenters. The van der Waals surface area contributed by atoms with Gasteiger partial charge in [0.2, 0.25) is 0 Å². The number of carbonyl (C=O) groups is 1. The number of nitrogens with zero attached hydrogens (tertiary/aromatic N) is 3. The Hall–Kier alpha value is -2.37. The van der Waals surface area contributed by atoms with Gasteiger partial charge in [-0.05, 0) is 30.5 Å². The van der Waals surface area contributed by atoms with Crippen LogP contribution < -0.4 is 5.73 Å². The summed E-state index contributed by atoms with van der Waals surface area (Å²) in [5.41, 5.74) is 7.23. The highest BCUT2D eigenvalue weighted by atomic mass is 19.1. The van der Waals surface area contributed by atoms with Crippen LogP contribution in [0.25, 0.3) is 0 Å². The molecule has 2 N–H and O–H groups in total. The summed E-state index contributed by atoms with van der Waals surface area (Å²) in [6.45, 7) is 0.372. The molecule has 110 valence electrons. The Bertz CT molecular complexity index is 678. The van der Waals surface area contributed by atoms with Crippen molar-refractivity contribution in [1.82, 2.24) is 14.7 Å². The Kier molecular flexibility index (Phi) is 3.37. The Morgan fingerprint density at radius 3 is 2.86 bits per heavy atom. The fourth-order valence-corrected chi connectivity index (χ4v) is 2.39. The maximum atomic E-state index is 13.3. The van der Waals surface area contributed by atoms with E-state index in [4.69, 9.17) is 5.73 Å². The predicted octanol–water partition coefficient (Wildman–Crippen LogP) is 1.95. The quantitative estimate of drug-likeness (QED) is 0.935. The largest absolute Gasteiger partial charge is 0.396 e. The van der Waals surface area contributed by atoms with Crippen LogP contribution in [0, 0.1) is 5.82 Å². The molecule has 21 heavy (non-hydrogen) atoms. The lowest BCUT2D eigenvalue weighted by Crippen LogP contribution is -2.33. The van der Waals surface area contributed by atoms with E-state index in [1.807, 2.05) is 6.07 Å². The zero-order valence-electron chi connectivity index (χ0n) is 11.8. The van der Waals surface area contributed by atoms with E-state index in [1.165, 1.54) is 16.8 Å². The molecule has 1 fully saturated rings. The molecule has 0 aliphatic heterocycles. The summed E-state index contributed by atoms with van der Waals surface area (Å²) in [6, 6.07) is 6.50. The number of nitrogens with two attached hydrogens (primary N) is 1. The summed E-state index contributed by atoms with van der Waals surface area (Å²) in [5, 5.41) is 4.13. The maximum absolute atomic E-state index is 13.3. The number of nitrogen functional groups attached to an aromatic ring is 1. The van der Waals surface area contributed by atoms with Crippen LogP contribution in [0.5, 0.6) is 0 Å². The minimum Gasteiger partial charge on any atom is -0.396 e. The number of amides is 1. The van der Waals surface area contributed by atoms with Crippen molar-refractivity contribution in [2.24, 2.45) is 7.05 Å². The van der Waals surface area contributed by atoms with Crippen molar-refractivity contribution in [3.8, 4) is 0 Å². The van der Waals surface area contributed by atoms with Crippen LogP contribution in [0.3, 0.4) is 0 Å². The number of aryl methyl sites for hydroxylation is 1. The van der Waals surface area contributed by atoms with Crippen LogP contribution in [0.2, 0.25) is 0 Å². The van der Waals surface area contributed by atoms with Gasteiger partial charge in [-0.25, -0.2) is 4.39 Å². The van der Waals surface area contributed by atoms with Crippen molar-refractivity contribution in [3.63, 3.8) is 0 Å². The number of rotatable bonds is 4. The normalized spacial score (nSPS) is 14.2. The molecule has 2 aromatic rings. The summed E-state index contributed by atoms with van der Waals surface area (Å²) in [7, 11) is 1.72. The standard InChI is InChI=1S/C15H17FN4O/c1-19-9-13(17)14(18-19)15(21)20(12-5-6-12)8-10-3-2-4-11(16)7-10/h2-4,7,9,12H,5-6,8,17H2,1H3. The molecule has 5 nitrogen and oxygen atoms in total. The molecule has 0 bridgehead atoms. The van der Waals surface area contributed by atoms with Gasteiger partial charge in [-0.15, -0.1) is 0 Å². The van der Waals surface area contributed by atoms with E-state index >= 15 is 0 Å². The highest BCUT2D eigenvalue weighted by molar-refractivity contribution is 5.97. The third kappa shape index (κ3) is 2.89.